The van der Waals surface area contributed by atoms with Crippen molar-refractivity contribution in [1.82, 2.24) is 10.6 Å². The molecule has 0 saturated heterocycles. The Morgan fingerprint density at radius 3 is 0.975 bits per heavy atom. The Bertz CT molecular complexity index is 618. The van der Waals surface area contributed by atoms with Gasteiger partial charge in [-0.2, -0.15) is 0 Å². The third-order valence-electron chi connectivity index (χ3n) is 6.83. The lowest BCUT2D eigenvalue weighted by Crippen LogP contribution is -2.48. The van der Waals surface area contributed by atoms with E-state index < -0.39 is 36.3 Å². The van der Waals surface area contributed by atoms with Gasteiger partial charge in [0, 0.05) is 13.1 Å². The van der Waals surface area contributed by atoms with Crippen molar-refractivity contribution in [1.29, 1.82) is 0 Å². The summed E-state index contributed by atoms with van der Waals surface area (Å²) in [5, 5.41) is 23.7. The van der Waals surface area contributed by atoms with Crippen LogP contribution in [0.1, 0.15) is 142 Å². The topological polar surface area (TPSA) is 151 Å². The van der Waals surface area contributed by atoms with E-state index in [4.69, 9.17) is 9.47 Å². The summed E-state index contributed by atoms with van der Waals surface area (Å²) in [6, 6.07) is 0. The van der Waals surface area contributed by atoms with Gasteiger partial charge in [0.15, 0.2) is 0 Å². The number of aliphatic carboxylic acids is 2. The number of nitrogens with one attached hydrogen (secondary N) is 2. The van der Waals surface area contributed by atoms with Gasteiger partial charge in [-0.15, -0.1) is 0 Å². The molecule has 0 aliphatic carbocycles. The Kier molecular flexibility index (Phi) is 25.0. The number of carbonyl (C=O) groups is 4. The van der Waals surface area contributed by atoms with E-state index >= 15 is 0 Å². The van der Waals surface area contributed by atoms with Gasteiger partial charge in [-0.3, -0.25) is 0 Å². The van der Waals surface area contributed by atoms with Crippen LogP contribution in [-0.2, 0) is 19.1 Å². The Labute approximate surface area is 241 Å². The van der Waals surface area contributed by atoms with Crippen LogP contribution in [0.25, 0.3) is 0 Å². The summed E-state index contributed by atoms with van der Waals surface area (Å²) in [6.07, 6.45) is 16.2. The number of amides is 2. The van der Waals surface area contributed by atoms with Gasteiger partial charge in [-0.1, -0.05) is 129 Å². The largest absolute Gasteiger partial charge is 0.478 e. The predicted molar refractivity (Wildman–Crippen MR) is 156 cm³/mol. The lowest BCUT2D eigenvalue weighted by atomic mass is 10.1. The normalized spacial score (nSPS) is 12.3. The molecule has 0 radical (unpaired) electrons. The number of hydrogen-bond donors (Lipinski definition) is 4. The number of unbranched alkanes of at least 4 members (excludes halogenated alkanes) is 18. The fourth-order valence-corrected chi connectivity index (χ4v) is 4.40. The summed E-state index contributed by atoms with van der Waals surface area (Å²) in [5.41, 5.74) is 0. The SMILES string of the molecule is CCCCCCCCCCCCNC(=O)OC(C(=O)O)C(OC(=O)NCCCCCCCCCCCC)C(=O)O. The highest BCUT2D eigenvalue weighted by atomic mass is 16.6. The fraction of sp³-hybridized carbons (Fsp3) is 0.867. The van der Waals surface area contributed by atoms with Crippen molar-refractivity contribution in [3.63, 3.8) is 0 Å². The van der Waals surface area contributed by atoms with Crippen LogP contribution >= 0.6 is 0 Å². The zero-order chi connectivity index (χ0) is 29.8. The monoisotopic (exact) mass is 572 g/mol. The summed E-state index contributed by atoms with van der Waals surface area (Å²) < 4.78 is 9.61. The minimum Gasteiger partial charge on any atom is -0.478 e. The maximum atomic E-state index is 12.1. The number of ether oxygens (including phenoxy) is 2. The maximum Gasteiger partial charge on any atom is 0.408 e. The smallest absolute Gasteiger partial charge is 0.408 e. The van der Waals surface area contributed by atoms with Crippen LogP contribution < -0.4 is 10.6 Å². The molecule has 0 rings (SSSR count). The van der Waals surface area contributed by atoms with Crippen LogP contribution in [-0.4, -0.2) is 59.6 Å². The average molecular weight is 573 g/mol. The first-order valence-corrected chi connectivity index (χ1v) is 15.7. The average Bonchev–Trinajstić information content (AvgIpc) is 2.92. The van der Waals surface area contributed by atoms with Crippen LogP contribution in [0.15, 0.2) is 0 Å². The maximum absolute atomic E-state index is 12.1. The van der Waals surface area contributed by atoms with E-state index in [1.54, 1.807) is 0 Å². The van der Waals surface area contributed by atoms with E-state index in [-0.39, 0.29) is 13.1 Å². The quantitative estimate of drug-likeness (QED) is 0.0755. The van der Waals surface area contributed by atoms with Crippen LogP contribution in [0, 0.1) is 0 Å². The highest BCUT2D eigenvalue weighted by Crippen LogP contribution is 2.12. The molecule has 40 heavy (non-hydrogen) atoms. The Morgan fingerprint density at radius 2 is 0.725 bits per heavy atom. The number of carboxylic acids is 2. The van der Waals surface area contributed by atoms with Gasteiger partial charge in [-0.25, -0.2) is 19.2 Å². The number of alkyl carbamates (subject to hydrolysis) is 2. The molecular formula is C30H56N2O8. The van der Waals surface area contributed by atoms with Crippen LogP contribution in [0.2, 0.25) is 0 Å². The standard InChI is InChI=1S/C30H56N2O8/c1-3-5-7-9-11-13-15-17-19-21-23-31-29(37)39-25(27(33)34)26(28(35)36)40-30(38)32-24-22-20-18-16-14-12-10-8-6-4-2/h25-26H,3-24H2,1-2H3,(H,31,37)(H,32,38)(H,33,34)(H,35,36). The molecule has 0 aromatic carbocycles. The molecule has 0 spiro atoms. The zero-order valence-electron chi connectivity index (χ0n) is 25.1. The molecule has 0 aliphatic rings. The molecule has 0 saturated carbocycles. The first-order valence-electron chi connectivity index (χ1n) is 15.7. The Hall–Kier alpha value is -2.52. The summed E-state index contributed by atoms with van der Waals surface area (Å²) >= 11 is 0. The van der Waals surface area contributed by atoms with E-state index in [9.17, 15) is 29.4 Å². The van der Waals surface area contributed by atoms with Crippen molar-refractivity contribution in [2.24, 2.45) is 0 Å². The fourth-order valence-electron chi connectivity index (χ4n) is 4.40. The summed E-state index contributed by atoms with van der Waals surface area (Å²) in [5.74, 6) is -3.44. The number of carbonyl (C=O) groups excluding carboxylic acids is 2. The molecule has 2 unspecified atom stereocenters. The van der Waals surface area contributed by atoms with Crippen LogP contribution in [0.3, 0.4) is 0 Å². The molecular weight excluding hydrogens is 516 g/mol. The van der Waals surface area contributed by atoms with E-state index in [0.29, 0.717) is 12.8 Å². The third-order valence-corrected chi connectivity index (χ3v) is 6.83. The second kappa shape index (κ2) is 26.7. The Morgan fingerprint density at radius 1 is 0.475 bits per heavy atom. The molecule has 10 heteroatoms. The van der Waals surface area contributed by atoms with Gasteiger partial charge in [-0.05, 0) is 12.8 Å². The third kappa shape index (κ3) is 22.3. The highest BCUT2D eigenvalue weighted by Gasteiger charge is 2.40. The van der Waals surface area contributed by atoms with Crippen molar-refractivity contribution in [2.45, 2.75) is 154 Å². The van der Waals surface area contributed by atoms with Gasteiger partial charge in [0.25, 0.3) is 0 Å². The molecule has 10 nitrogen and oxygen atoms in total. The minimum absolute atomic E-state index is 0.277. The van der Waals surface area contributed by atoms with Crippen molar-refractivity contribution in [3.8, 4) is 0 Å². The summed E-state index contributed by atoms with van der Waals surface area (Å²) in [6.45, 7) is 4.95. The number of hydrogen-bond acceptors (Lipinski definition) is 6. The molecule has 234 valence electrons. The van der Waals surface area contributed by atoms with Gasteiger partial charge in [0.1, 0.15) is 0 Å². The second-order valence-electron chi connectivity index (χ2n) is 10.5. The predicted octanol–water partition coefficient (Wildman–Crippen LogP) is 7.19. The van der Waals surface area contributed by atoms with Crippen LogP contribution in [0.4, 0.5) is 9.59 Å². The van der Waals surface area contributed by atoms with Gasteiger partial charge in [0.2, 0.25) is 12.2 Å². The first kappa shape index (κ1) is 37.5. The molecule has 2 atom stereocenters. The molecule has 0 heterocycles. The molecule has 0 bridgehead atoms. The van der Waals surface area contributed by atoms with E-state index in [1.165, 1.54) is 77.0 Å². The lowest BCUT2D eigenvalue weighted by molar-refractivity contribution is -0.166. The van der Waals surface area contributed by atoms with E-state index in [0.717, 1.165) is 38.5 Å². The van der Waals surface area contributed by atoms with Crippen LogP contribution in [0.5, 0.6) is 0 Å². The zero-order valence-corrected chi connectivity index (χ0v) is 25.1. The summed E-state index contributed by atoms with van der Waals surface area (Å²) in [7, 11) is 0. The molecule has 0 fully saturated rings. The van der Waals surface area contributed by atoms with Crippen molar-refractivity contribution in [3.05, 3.63) is 0 Å². The minimum atomic E-state index is -2.17. The number of carboxylic acid groups (broad SMARTS) is 2. The van der Waals surface area contributed by atoms with Crippen molar-refractivity contribution >= 4 is 24.1 Å². The van der Waals surface area contributed by atoms with Gasteiger partial charge in [0.05, 0.1) is 0 Å². The molecule has 0 aromatic heterocycles. The lowest BCUT2D eigenvalue weighted by Gasteiger charge is -2.21. The van der Waals surface area contributed by atoms with E-state index in [1.807, 2.05) is 0 Å². The molecule has 4 N–H and O–H groups in total. The van der Waals surface area contributed by atoms with Gasteiger partial charge < -0.3 is 30.3 Å². The van der Waals surface area contributed by atoms with Crippen molar-refractivity contribution < 1.29 is 38.9 Å². The van der Waals surface area contributed by atoms with E-state index in [2.05, 4.69) is 24.5 Å². The molecule has 0 aromatic rings. The molecule has 2 amide bonds. The molecule has 0 aliphatic heterocycles. The highest BCUT2D eigenvalue weighted by molar-refractivity contribution is 5.87. The van der Waals surface area contributed by atoms with Gasteiger partial charge >= 0.3 is 24.1 Å². The summed E-state index contributed by atoms with van der Waals surface area (Å²) in [4.78, 5) is 47.3. The second-order valence-corrected chi connectivity index (χ2v) is 10.5. The Balaban J connectivity index is 4.17. The number of rotatable bonds is 27. The van der Waals surface area contributed by atoms with Crippen molar-refractivity contribution in [2.75, 3.05) is 13.1 Å². The first-order chi connectivity index (χ1) is 19.3.